The number of carboxylic acids is 1. The summed E-state index contributed by atoms with van der Waals surface area (Å²) in [6.45, 7) is 3.98. The van der Waals surface area contributed by atoms with Crippen molar-refractivity contribution >= 4 is 39.8 Å². The third kappa shape index (κ3) is 5.58. The molecule has 0 bridgehead atoms. The van der Waals surface area contributed by atoms with Crippen molar-refractivity contribution in [2.45, 2.75) is 32.4 Å². The van der Waals surface area contributed by atoms with E-state index in [1.54, 1.807) is 54.6 Å². The van der Waals surface area contributed by atoms with E-state index in [2.05, 4.69) is 25.4 Å². The average molecular weight is 529 g/mol. The minimum absolute atomic E-state index is 0.0251. The second kappa shape index (κ2) is 10.1. The lowest BCUT2D eigenvalue weighted by atomic mass is 10.0. The first-order valence-corrected chi connectivity index (χ1v) is 12.6. The van der Waals surface area contributed by atoms with Crippen molar-refractivity contribution in [3.8, 4) is 21.7 Å². The van der Waals surface area contributed by atoms with E-state index in [-0.39, 0.29) is 11.3 Å². The van der Waals surface area contributed by atoms with E-state index in [0.717, 1.165) is 10.9 Å². The number of rotatable bonds is 8. The molecule has 11 heteroatoms. The van der Waals surface area contributed by atoms with Crippen LogP contribution in [0.4, 0.5) is 5.69 Å². The lowest BCUT2D eigenvalue weighted by Crippen LogP contribution is -2.21. The molecule has 5 aromatic rings. The first-order chi connectivity index (χ1) is 18.2. The molecule has 0 unspecified atom stereocenters. The van der Waals surface area contributed by atoms with Gasteiger partial charge in [-0.3, -0.25) is 19.4 Å². The summed E-state index contributed by atoms with van der Waals surface area (Å²) in [6.07, 6.45) is 8.49. The number of carbonyl (C=O) groups excluding carboxylic acids is 1. The maximum absolute atomic E-state index is 13.2. The van der Waals surface area contributed by atoms with Gasteiger partial charge in [-0.1, -0.05) is 0 Å². The molecule has 1 amide bonds. The third-order valence-corrected chi connectivity index (χ3v) is 6.74. The summed E-state index contributed by atoms with van der Waals surface area (Å²) in [5, 5.41) is 30.3. The van der Waals surface area contributed by atoms with Gasteiger partial charge in [0.2, 0.25) is 0 Å². The van der Waals surface area contributed by atoms with Gasteiger partial charge >= 0.3 is 5.97 Å². The van der Waals surface area contributed by atoms with E-state index in [9.17, 15) is 19.8 Å². The Kier molecular flexibility index (Phi) is 6.70. The van der Waals surface area contributed by atoms with Crippen LogP contribution in [0.25, 0.3) is 32.6 Å². The number of fused-ring (bicyclic) bond motifs is 1. The lowest BCUT2D eigenvalue weighted by Gasteiger charge is -2.16. The summed E-state index contributed by atoms with van der Waals surface area (Å²) >= 11 is 1.35. The van der Waals surface area contributed by atoms with Crippen molar-refractivity contribution in [3.05, 3.63) is 78.0 Å². The van der Waals surface area contributed by atoms with E-state index < -0.39 is 17.5 Å². The molecule has 0 aliphatic heterocycles. The summed E-state index contributed by atoms with van der Waals surface area (Å²) in [4.78, 5) is 37.4. The third-order valence-electron chi connectivity index (χ3n) is 5.85. The highest BCUT2D eigenvalue weighted by Crippen LogP contribution is 2.33. The van der Waals surface area contributed by atoms with Crippen molar-refractivity contribution in [2.75, 3.05) is 5.32 Å². The SMILES string of the molecule is CC(C)(O)CCn1cc2cc(NC(=O)c3csc(-c4ccncc4)n3)c(-c3cncc(C(=O)O)c3)cc2n1. The number of pyridine rings is 2. The molecule has 192 valence electrons. The summed E-state index contributed by atoms with van der Waals surface area (Å²) < 4.78 is 1.74. The Hall–Kier alpha value is -4.48. The number of nitrogens with one attached hydrogen (secondary N) is 1. The number of amides is 1. The van der Waals surface area contributed by atoms with Crippen molar-refractivity contribution < 1.29 is 19.8 Å². The highest BCUT2D eigenvalue weighted by Gasteiger charge is 2.18. The zero-order valence-corrected chi connectivity index (χ0v) is 21.4. The Balaban J connectivity index is 1.52. The Labute approximate surface area is 221 Å². The molecule has 38 heavy (non-hydrogen) atoms. The maximum Gasteiger partial charge on any atom is 0.337 e. The van der Waals surface area contributed by atoms with E-state index in [1.807, 2.05) is 18.3 Å². The largest absolute Gasteiger partial charge is 0.478 e. The number of hydrogen-bond acceptors (Lipinski definition) is 8. The number of aromatic carboxylic acids is 1. The topological polar surface area (TPSA) is 143 Å². The molecule has 10 nitrogen and oxygen atoms in total. The quantitative estimate of drug-likeness (QED) is 0.262. The van der Waals surface area contributed by atoms with Crippen LogP contribution in [0.1, 0.15) is 41.1 Å². The van der Waals surface area contributed by atoms with E-state index in [1.165, 1.54) is 23.6 Å². The van der Waals surface area contributed by atoms with Crippen LogP contribution in [0.15, 0.2) is 66.7 Å². The molecule has 0 saturated carbocycles. The molecule has 0 aliphatic carbocycles. The van der Waals surface area contributed by atoms with Crippen molar-refractivity contribution in [2.24, 2.45) is 0 Å². The maximum atomic E-state index is 13.2. The van der Waals surface area contributed by atoms with Gasteiger partial charge < -0.3 is 15.5 Å². The van der Waals surface area contributed by atoms with Gasteiger partial charge in [0, 0.05) is 70.7 Å². The average Bonchev–Trinajstić information content (AvgIpc) is 3.54. The van der Waals surface area contributed by atoms with E-state index in [4.69, 9.17) is 0 Å². The van der Waals surface area contributed by atoms with Crippen LogP contribution in [0.2, 0.25) is 0 Å². The standard InChI is InChI=1S/C27H24N6O4S/c1-27(2,37)5-8-33-14-19-10-22(20(11-21(19)32-33)17-9-18(26(35)36)13-29-12-17)30-24(34)23-15-38-25(31-23)16-3-6-28-7-4-16/h3-4,6-7,9-15,37H,5,8H2,1-2H3,(H,30,34)(H,35,36). The van der Waals surface area contributed by atoms with Gasteiger partial charge in [-0.05, 0) is 50.6 Å². The molecule has 4 heterocycles. The summed E-state index contributed by atoms with van der Waals surface area (Å²) in [7, 11) is 0. The summed E-state index contributed by atoms with van der Waals surface area (Å²) in [6, 6.07) is 8.73. The first kappa shape index (κ1) is 25.2. The zero-order chi connectivity index (χ0) is 26.9. The van der Waals surface area contributed by atoms with Gasteiger partial charge in [0.1, 0.15) is 10.7 Å². The fourth-order valence-corrected chi connectivity index (χ4v) is 4.67. The number of hydrogen-bond donors (Lipinski definition) is 3. The smallest absolute Gasteiger partial charge is 0.337 e. The highest BCUT2D eigenvalue weighted by molar-refractivity contribution is 7.13. The second-order valence-electron chi connectivity index (χ2n) is 9.41. The number of anilines is 1. The Morgan fingerprint density at radius 1 is 1.08 bits per heavy atom. The van der Waals surface area contributed by atoms with Crippen LogP contribution in [0, 0.1) is 0 Å². The fraction of sp³-hybridized carbons (Fsp3) is 0.185. The fourth-order valence-electron chi connectivity index (χ4n) is 3.86. The van der Waals surface area contributed by atoms with E-state index >= 15 is 0 Å². The first-order valence-electron chi connectivity index (χ1n) is 11.8. The van der Waals surface area contributed by atoms with Crippen molar-refractivity contribution in [1.29, 1.82) is 0 Å². The van der Waals surface area contributed by atoms with Gasteiger partial charge in [-0.15, -0.1) is 11.3 Å². The predicted molar refractivity (Wildman–Crippen MR) is 144 cm³/mol. The monoisotopic (exact) mass is 528 g/mol. The molecular formula is C27H24N6O4S. The van der Waals surface area contributed by atoms with Crippen LogP contribution < -0.4 is 5.32 Å². The van der Waals surface area contributed by atoms with Crippen LogP contribution in [-0.2, 0) is 6.54 Å². The molecule has 0 atom stereocenters. The Morgan fingerprint density at radius 2 is 1.87 bits per heavy atom. The minimum Gasteiger partial charge on any atom is -0.478 e. The molecule has 0 saturated heterocycles. The van der Waals surface area contributed by atoms with Crippen LogP contribution in [0.5, 0.6) is 0 Å². The van der Waals surface area contributed by atoms with Crippen LogP contribution in [-0.4, -0.2) is 52.4 Å². The number of thiazole rings is 1. The van der Waals surface area contributed by atoms with Gasteiger partial charge in [0.15, 0.2) is 0 Å². The molecule has 0 aliphatic rings. The van der Waals surface area contributed by atoms with Gasteiger partial charge in [-0.25, -0.2) is 9.78 Å². The van der Waals surface area contributed by atoms with Gasteiger partial charge in [0.05, 0.1) is 16.7 Å². The number of aryl methyl sites for hydroxylation is 1. The molecule has 3 N–H and O–H groups in total. The predicted octanol–water partition coefficient (Wildman–Crippen LogP) is 4.73. The number of aromatic nitrogens is 5. The number of carboxylic acid groups (broad SMARTS) is 1. The molecule has 5 rings (SSSR count). The summed E-state index contributed by atoms with van der Waals surface area (Å²) in [5.74, 6) is -1.51. The van der Waals surface area contributed by atoms with Gasteiger partial charge in [-0.2, -0.15) is 5.10 Å². The number of aliphatic hydroxyl groups is 1. The Bertz CT molecular complexity index is 1640. The lowest BCUT2D eigenvalue weighted by molar-refractivity contribution is 0.0650. The minimum atomic E-state index is -1.10. The van der Waals surface area contributed by atoms with Gasteiger partial charge in [0.25, 0.3) is 5.91 Å². The van der Waals surface area contributed by atoms with Crippen LogP contribution >= 0.6 is 11.3 Å². The van der Waals surface area contributed by atoms with Crippen molar-refractivity contribution in [1.82, 2.24) is 24.7 Å². The molecule has 0 spiro atoms. The zero-order valence-electron chi connectivity index (χ0n) is 20.6. The summed E-state index contributed by atoms with van der Waals surface area (Å²) in [5.41, 5.74) is 2.51. The number of nitrogens with zero attached hydrogens (tertiary/aromatic N) is 5. The highest BCUT2D eigenvalue weighted by atomic mass is 32.1. The molecule has 4 aromatic heterocycles. The Morgan fingerprint density at radius 3 is 2.61 bits per heavy atom. The normalized spacial score (nSPS) is 11.6. The molecule has 0 radical (unpaired) electrons. The van der Waals surface area contributed by atoms with E-state index in [0.29, 0.717) is 40.3 Å². The van der Waals surface area contributed by atoms with Crippen LogP contribution in [0.3, 0.4) is 0 Å². The van der Waals surface area contributed by atoms with Crippen molar-refractivity contribution in [3.63, 3.8) is 0 Å². The molecule has 0 fully saturated rings. The molecule has 1 aromatic carbocycles. The second-order valence-corrected chi connectivity index (χ2v) is 10.3. The number of carbonyl (C=O) groups is 2. The number of benzene rings is 1. The molecular weight excluding hydrogens is 504 g/mol.